The topological polar surface area (TPSA) is 83.3 Å². The second kappa shape index (κ2) is 7.17. The van der Waals surface area contributed by atoms with Gasteiger partial charge in [-0.05, 0) is 26.9 Å². The standard InChI is InChI=1S/C11H21N5OS/c1-4-14-11-15-9(12)8(18-11)10(17)16(3)7-5-6-13-2/h13H,4-7,12H2,1-3H3,(H,14,15). The molecule has 0 radical (unpaired) electrons. The van der Waals surface area contributed by atoms with Crippen molar-refractivity contribution in [3.8, 4) is 0 Å². The number of carbonyl (C=O) groups is 1. The lowest BCUT2D eigenvalue weighted by Gasteiger charge is -2.15. The number of nitrogens with one attached hydrogen (secondary N) is 2. The van der Waals surface area contributed by atoms with Crippen molar-refractivity contribution in [2.45, 2.75) is 13.3 Å². The summed E-state index contributed by atoms with van der Waals surface area (Å²) in [7, 11) is 3.68. The van der Waals surface area contributed by atoms with Crippen molar-refractivity contribution in [1.82, 2.24) is 15.2 Å². The molecular weight excluding hydrogens is 250 g/mol. The van der Waals surface area contributed by atoms with Crippen molar-refractivity contribution in [3.05, 3.63) is 4.88 Å². The summed E-state index contributed by atoms with van der Waals surface area (Å²) in [6.07, 6.45) is 0.914. The Bertz CT molecular complexity index is 393. The number of nitrogens with two attached hydrogens (primary N) is 1. The van der Waals surface area contributed by atoms with Crippen LogP contribution in [0, 0.1) is 0 Å². The minimum absolute atomic E-state index is 0.0646. The van der Waals surface area contributed by atoms with Crippen LogP contribution in [0.5, 0.6) is 0 Å². The van der Waals surface area contributed by atoms with Gasteiger partial charge in [-0.25, -0.2) is 4.98 Å². The van der Waals surface area contributed by atoms with Gasteiger partial charge in [-0.1, -0.05) is 11.3 Å². The fourth-order valence-electron chi connectivity index (χ4n) is 1.48. The van der Waals surface area contributed by atoms with Crippen LogP contribution in [-0.4, -0.2) is 49.5 Å². The zero-order chi connectivity index (χ0) is 13.5. The summed E-state index contributed by atoms with van der Waals surface area (Å²) in [5.41, 5.74) is 5.76. The number of hydrogen-bond donors (Lipinski definition) is 3. The van der Waals surface area contributed by atoms with Crippen LogP contribution in [-0.2, 0) is 0 Å². The molecule has 0 aliphatic carbocycles. The zero-order valence-corrected chi connectivity index (χ0v) is 11.9. The number of nitrogens with zero attached hydrogens (tertiary/aromatic N) is 2. The van der Waals surface area contributed by atoms with Crippen molar-refractivity contribution in [2.75, 3.05) is 44.8 Å². The molecule has 0 aliphatic heterocycles. The first kappa shape index (κ1) is 14.7. The minimum atomic E-state index is -0.0646. The number of carbonyl (C=O) groups excluding carboxylic acids is 1. The SMILES string of the molecule is CCNc1nc(N)c(C(=O)N(C)CCCNC)s1. The molecule has 4 N–H and O–H groups in total. The summed E-state index contributed by atoms with van der Waals surface area (Å²) >= 11 is 1.31. The molecule has 7 heteroatoms. The van der Waals surface area contributed by atoms with Gasteiger partial charge in [-0.3, -0.25) is 4.79 Å². The van der Waals surface area contributed by atoms with E-state index in [-0.39, 0.29) is 5.91 Å². The Morgan fingerprint density at radius 1 is 1.56 bits per heavy atom. The quantitative estimate of drug-likeness (QED) is 0.640. The first-order valence-electron chi connectivity index (χ1n) is 6.00. The molecule has 1 aromatic heterocycles. The van der Waals surface area contributed by atoms with Crippen LogP contribution in [0.1, 0.15) is 23.0 Å². The highest BCUT2D eigenvalue weighted by molar-refractivity contribution is 7.18. The molecule has 6 nitrogen and oxygen atoms in total. The second-order valence-corrected chi connectivity index (χ2v) is 4.95. The summed E-state index contributed by atoms with van der Waals surface area (Å²) in [4.78, 5) is 18.5. The van der Waals surface area contributed by atoms with Crippen molar-refractivity contribution < 1.29 is 4.79 Å². The highest BCUT2D eigenvalue weighted by Crippen LogP contribution is 2.25. The first-order valence-corrected chi connectivity index (χ1v) is 6.82. The second-order valence-electron chi connectivity index (χ2n) is 3.95. The van der Waals surface area contributed by atoms with Crippen LogP contribution in [0.2, 0.25) is 0 Å². The van der Waals surface area contributed by atoms with Crippen molar-refractivity contribution in [3.63, 3.8) is 0 Å². The van der Waals surface area contributed by atoms with E-state index in [1.54, 1.807) is 11.9 Å². The summed E-state index contributed by atoms with van der Waals surface area (Å²) in [5.74, 6) is 0.242. The van der Waals surface area contributed by atoms with Crippen molar-refractivity contribution in [2.24, 2.45) is 0 Å². The van der Waals surface area contributed by atoms with Crippen LogP contribution in [0.3, 0.4) is 0 Å². The Kier molecular flexibility index (Phi) is 5.87. The van der Waals surface area contributed by atoms with E-state index in [2.05, 4.69) is 15.6 Å². The zero-order valence-electron chi connectivity index (χ0n) is 11.1. The molecule has 0 aliphatic rings. The van der Waals surface area contributed by atoms with Crippen LogP contribution >= 0.6 is 11.3 Å². The molecule has 102 valence electrons. The van der Waals surface area contributed by atoms with E-state index in [0.29, 0.717) is 22.4 Å². The van der Waals surface area contributed by atoms with Gasteiger partial charge in [0, 0.05) is 20.1 Å². The van der Waals surface area contributed by atoms with Gasteiger partial charge in [0.1, 0.15) is 10.7 Å². The van der Waals surface area contributed by atoms with Gasteiger partial charge >= 0.3 is 0 Å². The molecule has 0 bridgehead atoms. The smallest absolute Gasteiger partial charge is 0.267 e. The molecule has 0 saturated carbocycles. The Morgan fingerprint density at radius 2 is 2.28 bits per heavy atom. The maximum Gasteiger partial charge on any atom is 0.267 e. The molecular formula is C11H21N5OS. The van der Waals surface area contributed by atoms with Crippen molar-refractivity contribution >= 4 is 28.2 Å². The van der Waals surface area contributed by atoms with E-state index in [4.69, 9.17) is 5.73 Å². The normalized spacial score (nSPS) is 10.4. The third-order valence-corrected chi connectivity index (χ3v) is 3.46. The Balaban J connectivity index is 2.64. The number of hydrogen-bond acceptors (Lipinski definition) is 6. The summed E-state index contributed by atoms with van der Waals surface area (Å²) < 4.78 is 0. The van der Waals surface area contributed by atoms with Gasteiger partial charge < -0.3 is 21.3 Å². The predicted molar refractivity (Wildman–Crippen MR) is 76.2 cm³/mol. The van der Waals surface area contributed by atoms with Crippen LogP contribution < -0.4 is 16.4 Å². The van der Waals surface area contributed by atoms with Crippen LogP contribution in [0.25, 0.3) is 0 Å². The van der Waals surface area contributed by atoms with Gasteiger partial charge in [-0.15, -0.1) is 0 Å². The summed E-state index contributed by atoms with van der Waals surface area (Å²) in [5, 5.41) is 6.81. The lowest BCUT2D eigenvalue weighted by molar-refractivity contribution is 0.0799. The van der Waals surface area contributed by atoms with Gasteiger partial charge in [0.15, 0.2) is 5.13 Å². The molecule has 0 unspecified atom stereocenters. The Labute approximate surface area is 112 Å². The largest absolute Gasteiger partial charge is 0.382 e. The Hall–Kier alpha value is -1.34. The molecule has 0 aromatic carbocycles. The number of aromatic nitrogens is 1. The maximum absolute atomic E-state index is 12.1. The lowest BCUT2D eigenvalue weighted by atomic mass is 10.3. The molecule has 1 rings (SSSR count). The number of anilines is 2. The summed E-state index contributed by atoms with van der Waals surface area (Å²) in [6.45, 7) is 4.33. The average Bonchev–Trinajstić information content (AvgIpc) is 2.70. The highest BCUT2D eigenvalue weighted by atomic mass is 32.1. The molecule has 0 fully saturated rings. The summed E-state index contributed by atoms with van der Waals surface area (Å²) in [6, 6.07) is 0. The molecule has 0 saturated heterocycles. The number of nitrogen functional groups attached to an aromatic ring is 1. The fourth-order valence-corrected chi connectivity index (χ4v) is 2.43. The molecule has 1 amide bonds. The Morgan fingerprint density at radius 3 is 2.89 bits per heavy atom. The van der Waals surface area contributed by atoms with Crippen LogP contribution in [0.4, 0.5) is 10.9 Å². The van der Waals surface area contributed by atoms with E-state index < -0.39 is 0 Å². The molecule has 1 heterocycles. The monoisotopic (exact) mass is 271 g/mol. The van der Waals surface area contributed by atoms with Crippen molar-refractivity contribution in [1.29, 1.82) is 0 Å². The fraction of sp³-hybridized carbons (Fsp3) is 0.636. The molecule has 18 heavy (non-hydrogen) atoms. The molecule has 0 atom stereocenters. The van der Waals surface area contributed by atoms with E-state index >= 15 is 0 Å². The lowest BCUT2D eigenvalue weighted by Crippen LogP contribution is -2.29. The number of rotatable bonds is 7. The van der Waals surface area contributed by atoms with E-state index in [0.717, 1.165) is 19.5 Å². The number of thiazole rings is 1. The maximum atomic E-state index is 12.1. The highest BCUT2D eigenvalue weighted by Gasteiger charge is 2.19. The van der Waals surface area contributed by atoms with E-state index in [1.807, 2.05) is 14.0 Å². The van der Waals surface area contributed by atoms with E-state index in [1.165, 1.54) is 11.3 Å². The number of amides is 1. The molecule has 0 spiro atoms. The predicted octanol–water partition coefficient (Wildman–Crippen LogP) is 0.839. The van der Waals surface area contributed by atoms with Gasteiger partial charge in [0.05, 0.1) is 0 Å². The average molecular weight is 271 g/mol. The van der Waals surface area contributed by atoms with E-state index in [9.17, 15) is 4.79 Å². The van der Waals surface area contributed by atoms with Gasteiger partial charge in [0.2, 0.25) is 0 Å². The first-order chi connectivity index (χ1) is 8.60. The third kappa shape index (κ3) is 3.85. The van der Waals surface area contributed by atoms with Crippen LogP contribution in [0.15, 0.2) is 0 Å². The van der Waals surface area contributed by atoms with Gasteiger partial charge in [0.25, 0.3) is 5.91 Å². The van der Waals surface area contributed by atoms with Gasteiger partial charge in [-0.2, -0.15) is 0 Å². The third-order valence-electron chi connectivity index (χ3n) is 2.44. The minimum Gasteiger partial charge on any atom is -0.382 e. The molecule has 1 aromatic rings.